The van der Waals surface area contributed by atoms with Crippen molar-refractivity contribution in [3.05, 3.63) is 30.0 Å². The van der Waals surface area contributed by atoms with Gasteiger partial charge in [0.15, 0.2) is 11.6 Å². The number of nitrogens with one attached hydrogen (secondary N) is 4. The zero-order valence-corrected chi connectivity index (χ0v) is 22.0. The summed E-state index contributed by atoms with van der Waals surface area (Å²) in [5.74, 6) is 0.399. The normalized spacial score (nSPS) is 34.0. The maximum atomic E-state index is 13.8. The lowest BCUT2D eigenvalue weighted by molar-refractivity contribution is -0.118. The van der Waals surface area contributed by atoms with Gasteiger partial charge in [0, 0.05) is 30.6 Å². The van der Waals surface area contributed by atoms with E-state index < -0.39 is 11.3 Å². The van der Waals surface area contributed by atoms with Crippen LogP contribution < -0.4 is 35.9 Å². The molecule has 6 atom stereocenters. The van der Waals surface area contributed by atoms with Crippen LogP contribution in [-0.4, -0.2) is 61.3 Å². The Hall–Kier alpha value is -3.25. The van der Waals surface area contributed by atoms with Crippen molar-refractivity contribution < 1.29 is 23.0 Å². The van der Waals surface area contributed by atoms with Gasteiger partial charge >= 0.3 is 0 Å². The van der Waals surface area contributed by atoms with Crippen LogP contribution in [0.3, 0.4) is 0 Å². The Kier molecular flexibility index (Phi) is 5.64. The number of rotatable bonds is 6. The minimum atomic E-state index is -2.73. The number of aromatic nitrogens is 2. The summed E-state index contributed by atoms with van der Waals surface area (Å²) in [7, 11) is 3.19. The van der Waals surface area contributed by atoms with E-state index in [2.05, 4.69) is 31.5 Å². The molecule has 2 saturated carbocycles. The summed E-state index contributed by atoms with van der Waals surface area (Å²) in [5.41, 5.74) is 8.36. The smallest absolute Gasteiger partial charge is 0.267 e. The molecule has 1 aromatic carbocycles. The van der Waals surface area contributed by atoms with E-state index in [9.17, 15) is 13.6 Å². The van der Waals surface area contributed by atoms with Gasteiger partial charge in [-0.25, -0.2) is 19.2 Å². The number of fused-ring (bicyclic) bond motifs is 3. The molecule has 208 valence electrons. The topological polar surface area (TPSA) is 113 Å². The van der Waals surface area contributed by atoms with Crippen LogP contribution in [0.4, 0.5) is 26.2 Å². The highest BCUT2D eigenvalue weighted by molar-refractivity contribution is 6.09. The minimum Gasteiger partial charge on any atom is -0.497 e. The van der Waals surface area contributed by atoms with Gasteiger partial charge < -0.3 is 25.0 Å². The van der Waals surface area contributed by atoms with E-state index in [0.717, 1.165) is 42.7 Å². The fraction of sp³-hybridized carbons (Fsp3) is 0.593. The molecule has 2 saturated heterocycles. The number of alkyl halides is 2. The molecule has 5 aliphatic rings. The molecule has 3 aliphatic heterocycles. The van der Waals surface area contributed by atoms with Crippen molar-refractivity contribution >= 4 is 23.4 Å². The van der Waals surface area contributed by atoms with Gasteiger partial charge in [-0.1, -0.05) is 0 Å². The number of methoxy groups -OCH3 is 2. The predicted octanol–water partition coefficient (Wildman–Crippen LogP) is 2.88. The number of anilines is 3. The predicted molar refractivity (Wildman–Crippen MR) is 140 cm³/mol. The number of hydrazine groups is 1. The third-order valence-electron chi connectivity index (χ3n) is 9.45. The summed E-state index contributed by atoms with van der Waals surface area (Å²) in [4.78, 5) is 23.4. The minimum absolute atomic E-state index is 0.109. The van der Waals surface area contributed by atoms with Gasteiger partial charge in [-0.2, -0.15) is 4.98 Å². The Labute approximate surface area is 225 Å². The van der Waals surface area contributed by atoms with E-state index >= 15 is 0 Å². The zero-order valence-electron chi connectivity index (χ0n) is 22.0. The first kappa shape index (κ1) is 24.8. The van der Waals surface area contributed by atoms with Crippen LogP contribution in [0.15, 0.2) is 24.4 Å². The molecule has 1 spiro atoms. The van der Waals surface area contributed by atoms with Crippen LogP contribution in [-0.2, 0) is 10.2 Å². The fourth-order valence-electron chi connectivity index (χ4n) is 7.34. The third kappa shape index (κ3) is 3.98. The number of benzene rings is 1. The Bertz CT molecular complexity index is 1310. The molecule has 2 aromatic rings. The lowest BCUT2D eigenvalue weighted by atomic mass is 9.74. The number of amides is 1. The number of carbonyl (C=O) groups is 1. The second-order valence-electron chi connectivity index (χ2n) is 11.5. The number of hydrogen-bond donors (Lipinski definition) is 4. The highest BCUT2D eigenvalue weighted by Gasteiger charge is 2.67. The van der Waals surface area contributed by atoms with E-state index in [-0.39, 0.29) is 43.6 Å². The first-order valence-corrected chi connectivity index (χ1v) is 13.6. The van der Waals surface area contributed by atoms with E-state index in [1.807, 2.05) is 18.2 Å². The molecular weight excluding hydrogens is 508 g/mol. The number of nitrogens with zero attached hydrogens (tertiary/aromatic N) is 3. The zero-order chi connectivity index (χ0) is 26.9. The van der Waals surface area contributed by atoms with Crippen LogP contribution in [0, 0.1) is 17.8 Å². The highest BCUT2D eigenvalue weighted by Crippen LogP contribution is 2.65. The van der Waals surface area contributed by atoms with Gasteiger partial charge in [0.2, 0.25) is 11.9 Å². The van der Waals surface area contributed by atoms with Gasteiger partial charge in [0.05, 0.1) is 38.5 Å². The van der Waals surface area contributed by atoms with E-state index in [4.69, 9.17) is 9.47 Å². The average Bonchev–Trinajstić information content (AvgIpc) is 3.27. The molecule has 1 aromatic heterocycles. The van der Waals surface area contributed by atoms with E-state index in [1.54, 1.807) is 14.2 Å². The number of carbonyl (C=O) groups excluding carboxylic acids is 1. The van der Waals surface area contributed by atoms with Crippen LogP contribution in [0.25, 0.3) is 0 Å². The van der Waals surface area contributed by atoms with Crippen molar-refractivity contribution in [3.63, 3.8) is 0 Å². The fourth-order valence-corrected chi connectivity index (χ4v) is 7.34. The first-order valence-electron chi connectivity index (χ1n) is 13.6. The van der Waals surface area contributed by atoms with Gasteiger partial charge in [-0.05, 0) is 61.3 Å². The molecule has 1 amide bonds. The van der Waals surface area contributed by atoms with Gasteiger partial charge in [-0.15, -0.1) is 0 Å². The molecular formula is C27H33F2N7O3. The molecule has 2 aliphatic carbocycles. The maximum absolute atomic E-state index is 13.8. The molecule has 4 fully saturated rings. The molecule has 12 heteroatoms. The summed E-state index contributed by atoms with van der Waals surface area (Å²) < 4.78 is 38.5. The van der Waals surface area contributed by atoms with Crippen molar-refractivity contribution in [3.8, 4) is 11.5 Å². The molecule has 4 unspecified atom stereocenters. The molecule has 0 bridgehead atoms. The molecule has 7 rings (SSSR count). The Morgan fingerprint density at radius 3 is 2.82 bits per heavy atom. The Morgan fingerprint density at radius 2 is 2.05 bits per heavy atom. The van der Waals surface area contributed by atoms with Crippen LogP contribution >= 0.6 is 0 Å². The molecule has 4 N–H and O–H groups in total. The lowest BCUT2D eigenvalue weighted by Gasteiger charge is -2.34. The maximum Gasteiger partial charge on any atom is 0.267 e. The monoisotopic (exact) mass is 541 g/mol. The summed E-state index contributed by atoms with van der Waals surface area (Å²) in [6.07, 6.45) is 5.05. The van der Waals surface area contributed by atoms with Crippen molar-refractivity contribution in [2.45, 2.75) is 55.6 Å². The van der Waals surface area contributed by atoms with E-state index in [1.165, 1.54) is 11.1 Å². The largest absolute Gasteiger partial charge is 0.497 e. The number of ether oxygens (including phenoxy) is 2. The van der Waals surface area contributed by atoms with Gasteiger partial charge in [0.25, 0.3) is 5.92 Å². The Balaban J connectivity index is 1.04. The molecule has 0 radical (unpaired) electrons. The second-order valence-corrected chi connectivity index (χ2v) is 11.5. The summed E-state index contributed by atoms with van der Waals surface area (Å²) in [6, 6.07) is 6.07. The van der Waals surface area contributed by atoms with Crippen molar-refractivity contribution in [2.24, 2.45) is 17.8 Å². The second kappa shape index (κ2) is 8.88. The van der Waals surface area contributed by atoms with E-state index in [0.29, 0.717) is 29.3 Å². The molecule has 39 heavy (non-hydrogen) atoms. The van der Waals surface area contributed by atoms with Crippen LogP contribution in [0.2, 0.25) is 0 Å². The van der Waals surface area contributed by atoms with Gasteiger partial charge in [0.1, 0.15) is 5.75 Å². The highest BCUT2D eigenvalue weighted by atomic mass is 19.3. The average molecular weight is 542 g/mol. The third-order valence-corrected chi connectivity index (χ3v) is 9.45. The summed E-state index contributed by atoms with van der Waals surface area (Å²) >= 11 is 0. The van der Waals surface area contributed by atoms with Gasteiger partial charge in [-0.3, -0.25) is 10.2 Å². The van der Waals surface area contributed by atoms with Crippen molar-refractivity contribution in [1.82, 2.24) is 20.8 Å². The number of hydrogen-bond acceptors (Lipinski definition) is 9. The lowest BCUT2D eigenvalue weighted by Crippen LogP contribution is -2.39. The summed E-state index contributed by atoms with van der Waals surface area (Å²) in [5, 5.41) is 6.53. The first-order chi connectivity index (χ1) is 18.8. The number of halogens is 2. The van der Waals surface area contributed by atoms with Crippen molar-refractivity contribution in [1.29, 1.82) is 0 Å². The molecule has 4 heterocycles. The quantitative estimate of drug-likeness (QED) is 0.439. The Morgan fingerprint density at radius 1 is 1.18 bits per heavy atom. The van der Waals surface area contributed by atoms with Crippen molar-refractivity contribution in [2.75, 3.05) is 42.8 Å². The van der Waals surface area contributed by atoms with Crippen LogP contribution in [0.5, 0.6) is 11.5 Å². The SMILES string of the molecule is COc1ccc2c(c1)[C@]1(C[C@H]1C1CCC3C(C1)NNC3Nc1nc(N3CCC(F)(F)C3)ncc1OC)C(=O)N2. The molecule has 10 nitrogen and oxygen atoms in total. The van der Waals surface area contributed by atoms with Crippen LogP contribution in [0.1, 0.15) is 37.7 Å². The summed E-state index contributed by atoms with van der Waals surface area (Å²) in [6.45, 7) is -0.169. The standard InChI is InChI=1S/C27H33F2N7O3/c1-38-15-4-6-19-17(10-15)27(24(37)31-19)11-18(27)14-3-5-16-20(9-14)34-35-22(16)32-23-21(39-2)12-30-25(33-23)36-8-7-26(28,29)13-36/h4,6,10,12,14,16,18,20,22,34-35H,3,5,7-9,11,13H2,1-2H3,(H,31,37)(H,30,32,33)/t14?,16?,18-,20?,22?,27-/m0/s1.